The number of carbonyl (C=O) groups is 1. The van der Waals surface area contributed by atoms with Gasteiger partial charge in [0.25, 0.3) is 0 Å². The smallest absolute Gasteiger partial charge is 0.469 e. The first-order chi connectivity index (χ1) is 10.6. The molecule has 0 aliphatic heterocycles. The van der Waals surface area contributed by atoms with Gasteiger partial charge >= 0.3 is 21.6 Å². The Hall–Kier alpha value is -1.77. The number of esters is 1. The molecular weight excluding hydrogens is 337 g/mol. The maximum Gasteiger partial charge on any atom is 0.534 e. The van der Waals surface area contributed by atoms with Crippen molar-refractivity contribution in [1.82, 2.24) is 0 Å². The lowest BCUT2D eigenvalue weighted by atomic mass is 9.91. The van der Waals surface area contributed by atoms with Gasteiger partial charge in [0.15, 0.2) is 0 Å². The van der Waals surface area contributed by atoms with Crippen molar-refractivity contribution in [3.8, 4) is 5.75 Å². The van der Waals surface area contributed by atoms with Crippen LogP contribution in [0.1, 0.15) is 30.7 Å². The van der Waals surface area contributed by atoms with Crippen LogP contribution in [0.3, 0.4) is 0 Å². The van der Waals surface area contributed by atoms with Crippen LogP contribution >= 0.6 is 0 Å². The molecule has 2 rings (SSSR count). The maximum absolute atomic E-state index is 12.4. The molecule has 0 aromatic heterocycles. The predicted molar refractivity (Wildman–Crippen MR) is 74.1 cm³/mol. The van der Waals surface area contributed by atoms with Gasteiger partial charge in [-0.2, -0.15) is 21.6 Å². The van der Waals surface area contributed by atoms with Crippen molar-refractivity contribution in [1.29, 1.82) is 0 Å². The summed E-state index contributed by atoms with van der Waals surface area (Å²) in [5.74, 6) is -0.880. The van der Waals surface area contributed by atoms with Crippen molar-refractivity contribution in [2.24, 2.45) is 5.92 Å². The molecule has 0 bridgehead atoms. The molecule has 23 heavy (non-hydrogen) atoms. The number of rotatable bonds is 6. The zero-order chi connectivity index (χ0) is 17.3. The predicted octanol–water partition coefficient (Wildman–Crippen LogP) is 2.97. The molecular formula is C14H15F3O5S. The largest absolute Gasteiger partial charge is 0.534 e. The topological polar surface area (TPSA) is 69.7 Å². The Labute approximate surface area is 131 Å². The third-order valence-electron chi connectivity index (χ3n) is 3.58. The first-order valence-corrected chi connectivity index (χ1v) is 8.22. The number of carbonyl (C=O) groups excluding carboxylic acids is 1. The number of alkyl halides is 3. The number of ether oxygens (including phenoxy) is 1. The monoisotopic (exact) mass is 352 g/mol. The van der Waals surface area contributed by atoms with Crippen molar-refractivity contribution < 1.29 is 35.3 Å². The Morgan fingerprint density at radius 2 is 2.00 bits per heavy atom. The average molecular weight is 352 g/mol. The first kappa shape index (κ1) is 17.6. The maximum atomic E-state index is 12.4. The molecule has 1 atom stereocenters. The molecule has 1 aromatic carbocycles. The van der Waals surface area contributed by atoms with E-state index in [-0.39, 0.29) is 18.3 Å². The van der Waals surface area contributed by atoms with E-state index in [4.69, 9.17) is 0 Å². The van der Waals surface area contributed by atoms with Crippen LogP contribution in [0.2, 0.25) is 0 Å². The van der Waals surface area contributed by atoms with Crippen molar-refractivity contribution >= 4 is 16.1 Å². The van der Waals surface area contributed by atoms with E-state index in [9.17, 15) is 26.4 Å². The molecule has 0 saturated heterocycles. The fourth-order valence-corrected chi connectivity index (χ4v) is 2.74. The van der Waals surface area contributed by atoms with Crippen LogP contribution in [0.5, 0.6) is 5.75 Å². The third-order valence-corrected chi connectivity index (χ3v) is 4.56. The highest BCUT2D eigenvalue weighted by atomic mass is 32.2. The lowest BCUT2D eigenvalue weighted by Gasteiger charge is -2.17. The summed E-state index contributed by atoms with van der Waals surface area (Å²) in [6, 6.07) is 5.35. The minimum atomic E-state index is -5.72. The molecule has 5 nitrogen and oxygen atoms in total. The third kappa shape index (κ3) is 4.37. The highest BCUT2D eigenvalue weighted by molar-refractivity contribution is 7.88. The number of hydrogen-bond acceptors (Lipinski definition) is 5. The molecule has 0 N–H and O–H groups in total. The van der Waals surface area contributed by atoms with E-state index in [0.29, 0.717) is 5.56 Å². The summed E-state index contributed by atoms with van der Waals surface area (Å²) in [6.45, 7) is 0. The fourth-order valence-electron chi connectivity index (χ4n) is 2.29. The van der Waals surface area contributed by atoms with Gasteiger partial charge in [0.05, 0.1) is 13.5 Å². The fraction of sp³-hybridized carbons (Fsp3) is 0.500. The van der Waals surface area contributed by atoms with Crippen molar-refractivity contribution in [3.63, 3.8) is 0 Å². The minimum Gasteiger partial charge on any atom is -0.469 e. The molecule has 0 amide bonds. The van der Waals surface area contributed by atoms with Gasteiger partial charge in [-0.05, 0) is 42.4 Å². The second kappa shape index (κ2) is 6.38. The Balaban J connectivity index is 2.23. The first-order valence-electron chi connectivity index (χ1n) is 6.81. The van der Waals surface area contributed by atoms with Crippen LogP contribution in [0.4, 0.5) is 13.2 Å². The summed E-state index contributed by atoms with van der Waals surface area (Å²) in [7, 11) is -4.47. The quantitative estimate of drug-likeness (QED) is 0.447. The molecule has 1 fully saturated rings. The molecule has 0 heterocycles. The molecule has 0 radical (unpaired) electrons. The van der Waals surface area contributed by atoms with Gasteiger partial charge in [0.1, 0.15) is 5.75 Å². The van der Waals surface area contributed by atoms with Crippen LogP contribution in [0.15, 0.2) is 24.3 Å². The van der Waals surface area contributed by atoms with Crippen LogP contribution in [-0.2, 0) is 19.6 Å². The Morgan fingerprint density at radius 3 is 2.52 bits per heavy atom. The van der Waals surface area contributed by atoms with Crippen LogP contribution < -0.4 is 4.18 Å². The number of methoxy groups -OCH3 is 1. The highest BCUT2D eigenvalue weighted by Crippen LogP contribution is 2.45. The second-order valence-corrected chi connectivity index (χ2v) is 6.82. The van der Waals surface area contributed by atoms with Crippen LogP contribution in [0, 0.1) is 5.92 Å². The molecule has 0 spiro atoms. The van der Waals surface area contributed by atoms with Gasteiger partial charge in [-0.15, -0.1) is 0 Å². The summed E-state index contributed by atoms with van der Waals surface area (Å²) >= 11 is 0. The average Bonchev–Trinajstić information content (AvgIpc) is 3.27. The van der Waals surface area contributed by atoms with Crippen molar-refractivity contribution in [3.05, 3.63) is 29.8 Å². The van der Waals surface area contributed by atoms with Gasteiger partial charge in [0, 0.05) is 0 Å². The molecule has 1 aromatic rings. The molecule has 9 heteroatoms. The zero-order valence-electron chi connectivity index (χ0n) is 12.2. The lowest BCUT2D eigenvalue weighted by molar-refractivity contribution is -0.141. The molecule has 128 valence electrons. The van der Waals surface area contributed by atoms with Crippen molar-refractivity contribution in [2.75, 3.05) is 7.11 Å². The number of hydrogen-bond donors (Lipinski definition) is 0. The molecule has 1 aliphatic carbocycles. The van der Waals surface area contributed by atoms with Gasteiger partial charge in [-0.25, -0.2) is 0 Å². The Bertz CT molecular complexity index is 680. The van der Waals surface area contributed by atoms with E-state index >= 15 is 0 Å². The van der Waals surface area contributed by atoms with Crippen molar-refractivity contribution in [2.45, 2.75) is 30.7 Å². The zero-order valence-corrected chi connectivity index (χ0v) is 13.0. The Morgan fingerprint density at radius 1 is 1.35 bits per heavy atom. The summed E-state index contributed by atoms with van der Waals surface area (Å²) in [6.07, 6.45) is 1.87. The normalized spacial score (nSPS) is 16.7. The highest BCUT2D eigenvalue weighted by Gasteiger charge is 2.48. The summed E-state index contributed by atoms with van der Waals surface area (Å²) in [5, 5.41) is 0. The summed E-state index contributed by atoms with van der Waals surface area (Å²) in [5.41, 5.74) is -4.95. The van der Waals surface area contributed by atoms with Gasteiger partial charge in [-0.1, -0.05) is 12.1 Å². The van der Waals surface area contributed by atoms with E-state index in [0.717, 1.165) is 18.9 Å². The SMILES string of the molecule is COC(=O)C[C@H](c1cccc(OS(=O)(=O)C(F)(F)F)c1)C1CC1. The van der Waals surface area contributed by atoms with E-state index in [1.165, 1.54) is 19.2 Å². The molecule has 1 saturated carbocycles. The molecule has 0 unspecified atom stereocenters. The molecule has 1 aliphatic rings. The van der Waals surface area contributed by atoms with E-state index in [2.05, 4.69) is 8.92 Å². The lowest BCUT2D eigenvalue weighted by Crippen LogP contribution is -2.28. The number of halogens is 3. The minimum absolute atomic E-state index is 0.0800. The van der Waals surface area contributed by atoms with Crippen LogP contribution in [0.25, 0.3) is 0 Å². The van der Waals surface area contributed by atoms with E-state index in [1.807, 2.05) is 0 Å². The van der Waals surface area contributed by atoms with E-state index < -0.39 is 27.3 Å². The summed E-state index contributed by atoms with van der Waals surface area (Å²) < 4.78 is 67.9. The number of benzene rings is 1. The second-order valence-electron chi connectivity index (χ2n) is 5.28. The van der Waals surface area contributed by atoms with E-state index in [1.54, 1.807) is 6.07 Å². The van der Waals surface area contributed by atoms with Gasteiger partial charge < -0.3 is 8.92 Å². The van der Waals surface area contributed by atoms with Gasteiger partial charge in [0.2, 0.25) is 0 Å². The Kier molecular flexibility index (Phi) is 4.88. The standard InChI is InChI=1S/C14H15F3O5S/c1-21-13(18)8-12(9-5-6-9)10-3-2-4-11(7-10)22-23(19,20)14(15,16)17/h2-4,7,9,12H,5-6,8H2,1H3/t12-/m0/s1. The van der Waals surface area contributed by atoms with Crippen LogP contribution in [-0.4, -0.2) is 27.0 Å². The van der Waals surface area contributed by atoms with Gasteiger partial charge in [-0.3, -0.25) is 4.79 Å². The summed E-state index contributed by atoms with van der Waals surface area (Å²) in [4.78, 5) is 11.5.